The van der Waals surface area contributed by atoms with Gasteiger partial charge in [-0.2, -0.15) is 0 Å². The van der Waals surface area contributed by atoms with Crippen molar-refractivity contribution in [2.45, 2.75) is 20.8 Å². The predicted molar refractivity (Wildman–Crippen MR) is 322 cm³/mol. The minimum atomic E-state index is -2.53. The Morgan fingerprint density at radius 3 is 1.29 bits per heavy atom. The molecule has 2 aliphatic rings. The van der Waals surface area contributed by atoms with Crippen molar-refractivity contribution in [2.75, 3.05) is 9.80 Å². The topological polar surface area (TPSA) is 6.48 Å². The van der Waals surface area contributed by atoms with Crippen LogP contribution in [0.5, 0.6) is 0 Å². The van der Waals surface area contributed by atoms with Crippen molar-refractivity contribution in [3.8, 4) is 0 Å². The van der Waals surface area contributed by atoms with E-state index in [1.807, 2.05) is 0 Å². The van der Waals surface area contributed by atoms with Gasteiger partial charge in [0.15, 0.2) is 0 Å². The van der Waals surface area contributed by atoms with Gasteiger partial charge in [0.05, 0.1) is 22.7 Å². The number of rotatable bonds is 8. The fraction of sp³-hybridized carbons (Fsp3) is 0.0462. The van der Waals surface area contributed by atoms with Crippen LogP contribution < -0.4 is 58.0 Å². The lowest BCUT2D eigenvalue weighted by atomic mass is 9.33. The van der Waals surface area contributed by atoms with Crippen LogP contribution in [0.2, 0.25) is 0 Å². The highest BCUT2D eigenvalue weighted by Gasteiger charge is 2.44. The first kappa shape index (κ1) is 44.8. The van der Waals surface area contributed by atoms with Gasteiger partial charge in [-0.25, -0.2) is 0 Å². The van der Waals surface area contributed by atoms with E-state index in [-0.39, 0.29) is 6.71 Å². The van der Waals surface area contributed by atoms with Crippen LogP contribution >= 0.6 is 12.1 Å². The number of aryl methyl sites for hydroxylation is 3. The lowest BCUT2D eigenvalue weighted by Crippen LogP contribution is -2.60. The molecule has 0 unspecified atom stereocenters. The summed E-state index contributed by atoms with van der Waals surface area (Å²) in [7, 11) is 0. The fourth-order valence-corrected chi connectivity index (χ4v) is 19.4. The molecule has 11 aromatic carbocycles. The summed E-state index contributed by atoms with van der Waals surface area (Å²) in [5.41, 5.74) is 14.6. The van der Waals surface area contributed by atoms with Gasteiger partial charge >= 0.3 is 0 Å². The van der Waals surface area contributed by atoms with Crippen LogP contribution in [0.3, 0.4) is 0 Å². The SMILES string of the molecule is Cc1cc(C)c(B2c3cc(P(=S)(c4ccccc4)c4ccccc4)ccc3N3c4cc5ccccc5cc4N(c4ccc(P(=S)(c5ccccc5)c5ccccc5)cc4)c4cc5ccccc5c2c43)c(C)c1. The van der Waals surface area contributed by atoms with Crippen molar-refractivity contribution >= 4 is 146 Å². The van der Waals surface area contributed by atoms with Crippen molar-refractivity contribution in [3.05, 3.63) is 259 Å². The molecule has 0 N–H and O–H groups in total. The maximum absolute atomic E-state index is 7.13. The Morgan fingerprint density at radius 2 is 0.764 bits per heavy atom. The molecule has 0 fully saturated rings. The van der Waals surface area contributed by atoms with Crippen molar-refractivity contribution in [1.82, 2.24) is 0 Å². The molecule has 0 amide bonds. The van der Waals surface area contributed by atoms with E-state index in [4.69, 9.17) is 23.6 Å². The second-order valence-electron chi connectivity index (χ2n) is 19.3. The monoisotopic (exact) mass is 994 g/mol. The molecule has 0 spiro atoms. The highest BCUT2D eigenvalue weighted by Crippen LogP contribution is 2.57. The van der Waals surface area contributed by atoms with Gasteiger partial charge in [0.2, 0.25) is 6.71 Å². The summed E-state index contributed by atoms with van der Waals surface area (Å²) in [4.78, 5) is 5.12. The summed E-state index contributed by atoms with van der Waals surface area (Å²) in [6, 6.07) is 84.5. The highest BCUT2D eigenvalue weighted by molar-refractivity contribution is 8.26. The number of fused-ring (bicyclic) bond motifs is 7. The standard InChI is InChI=1S/C65H49BN2P2S2/c1-44-38-45(2)63(46(3)39-44)66-58-43-56(70(72,53-27-12-6-13-28-53)54-29-14-7-15-30-54)36-37-59(58)68-61-41-48-21-17-16-20-47(48)40-60(61)67(62-42-49-22-18-19-31-57(49)64(66)65(62)68)50-32-34-55(35-33-50)69(71,51-23-8-4-9-24-51)52-25-10-5-11-26-52/h4-43H,1-3H3. The number of hydrogen-bond donors (Lipinski definition) is 0. The van der Waals surface area contributed by atoms with E-state index in [1.165, 1.54) is 97.8 Å². The second-order valence-corrected chi connectivity index (χ2v) is 28.1. The van der Waals surface area contributed by atoms with Gasteiger partial charge in [0.1, 0.15) is 0 Å². The van der Waals surface area contributed by atoms with Gasteiger partial charge in [-0.15, -0.1) is 0 Å². The molecule has 0 aromatic heterocycles. The van der Waals surface area contributed by atoms with Gasteiger partial charge in [-0.05, 0) is 121 Å². The molecule has 0 bridgehead atoms. The lowest BCUT2D eigenvalue weighted by molar-refractivity contribution is 1.18. The van der Waals surface area contributed by atoms with Gasteiger partial charge < -0.3 is 9.80 Å². The first-order valence-electron chi connectivity index (χ1n) is 24.7. The van der Waals surface area contributed by atoms with Crippen LogP contribution in [-0.2, 0) is 23.6 Å². The fourth-order valence-electron chi connectivity index (χ4n) is 11.9. The number of nitrogens with zero attached hydrogens (tertiary/aromatic N) is 2. The van der Waals surface area contributed by atoms with Gasteiger partial charge in [-0.1, -0.05) is 252 Å². The van der Waals surface area contributed by atoms with E-state index in [0.717, 1.165) is 22.7 Å². The number of anilines is 6. The molecule has 2 aliphatic heterocycles. The Labute approximate surface area is 433 Å². The molecule has 11 aromatic rings. The summed E-state index contributed by atoms with van der Waals surface area (Å²) in [6.07, 6.45) is 0. The van der Waals surface area contributed by atoms with E-state index >= 15 is 0 Å². The first-order chi connectivity index (χ1) is 35.2. The second kappa shape index (κ2) is 17.6. The summed E-state index contributed by atoms with van der Waals surface area (Å²) in [5.74, 6) is 0. The Balaban J connectivity index is 1.11. The van der Waals surface area contributed by atoms with Crippen LogP contribution in [0.1, 0.15) is 16.7 Å². The molecule has 344 valence electrons. The normalized spacial score (nSPS) is 13.0. The van der Waals surface area contributed by atoms with Crippen LogP contribution in [0.4, 0.5) is 34.1 Å². The average Bonchev–Trinajstić information content (AvgIpc) is 3.43. The van der Waals surface area contributed by atoms with Crippen molar-refractivity contribution in [1.29, 1.82) is 0 Å². The third kappa shape index (κ3) is 6.98. The Bertz CT molecular complexity index is 3930. The molecule has 0 atom stereocenters. The number of hydrogen-bond acceptors (Lipinski definition) is 4. The Hall–Kier alpha value is -7.10. The zero-order chi connectivity index (χ0) is 48.7. The molecule has 0 aliphatic carbocycles. The Kier molecular flexibility index (Phi) is 10.9. The summed E-state index contributed by atoms with van der Waals surface area (Å²) in [6.45, 7) is 6.72. The zero-order valence-electron chi connectivity index (χ0n) is 40.3. The van der Waals surface area contributed by atoms with E-state index in [0.29, 0.717) is 0 Å². The third-order valence-electron chi connectivity index (χ3n) is 15.0. The minimum Gasteiger partial charge on any atom is -0.307 e. The van der Waals surface area contributed by atoms with E-state index in [2.05, 4.69) is 273 Å². The molecule has 0 radical (unpaired) electrons. The van der Waals surface area contributed by atoms with Crippen LogP contribution in [0.25, 0.3) is 21.5 Å². The summed E-state index contributed by atoms with van der Waals surface area (Å²) in [5, 5.41) is 11.9. The molecule has 72 heavy (non-hydrogen) atoms. The Morgan fingerprint density at radius 1 is 0.347 bits per heavy atom. The quantitative estimate of drug-likeness (QED) is 0.110. The van der Waals surface area contributed by atoms with Crippen molar-refractivity contribution < 1.29 is 0 Å². The van der Waals surface area contributed by atoms with E-state index in [9.17, 15) is 0 Å². The molecule has 7 heteroatoms. The van der Waals surface area contributed by atoms with Crippen molar-refractivity contribution in [2.24, 2.45) is 0 Å². The van der Waals surface area contributed by atoms with Crippen molar-refractivity contribution in [3.63, 3.8) is 0 Å². The smallest absolute Gasteiger partial charge is 0.248 e. The summed E-state index contributed by atoms with van der Waals surface area (Å²) < 4.78 is 0. The molecule has 2 heterocycles. The maximum Gasteiger partial charge on any atom is 0.248 e. The van der Waals surface area contributed by atoms with Gasteiger partial charge in [-0.3, -0.25) is 0 Å². The maximum atomic E-state index is 7.13. The molecule has 0 saturated carbocycles. The molecular weight excluding hydrogens is 946 g/mol. The first-order valence-corrected chi connectivity index (χ1v) is 30.3. The van der Waals surface area contributed by atoms with Gasteiger partial charge in [0.25, 0.3) is 0 Å². The third-order valence-corrected chi connectivity index (χ3v) is 24.9. The summed E-state index contributed by atoms with van der Waals surface area (Å²) >= 11 is 14.0. The zero-order valence-corrected chi connectivity index (χ0v) is 43.7. The van der Waals surface area contributed by atoms with Crippen LogP contribution in [0, 0.1) is 20.8 Å². The largest absolute Gasteiger partial charge is 0.307 e. The van der Waals surface area contributed by atoms with Crippen LogP contribution in [-0.4, -0.2) is 6.71 Å². The van der Waals surface area contributed by atoms with E-state index in [1.54, 1.807) is 0 Å². The number of benzene rings is 11. The highest BCUT2D eigenvalue weighted by atomic mass is 32.4. The van der Waals surface area contributed by atoms with Crippen LogP contribution in [0.15, 0.2) is 243 Å². The molecule has 13 rings (SSSR count). The molecular formula is C65H49BN2P2S2. The minimum absolute atomic E-state index is 0.111. The average molecular weight is 995 g/mol. The van der Waals surface area contributed by atoms with E-state index < -0.39 is 12.1 Å². The van der Waals surface area contributed by atoms with Gasteiger partial charge in [0, 0.05) is 23.5 Å². The predicted octanol–water partition coefficient (Wildman–Crippen LogP) is 12.5. The molecule has 0 saturated heterocycles. The molecule has 2 nitrogen and oxygen atoms in total. The lowest BCUT2D eigenvalue weighted by Gasteiger charge is -2.47.